The van der Waals surface area contributed by atoms with Gasteiger partial charge in [0.05, 0.1) is 11.2 Å². The summed E-state index contributed by atoms with van der Waals surface area (Å²) in [6, 6.07) is 2.27. The second-order valence-electron chi connectivity index (χ2n) is 6.80. The highest BCUT2D eigenvalue weighted by Gasteiger charge is 2.29. The lowest BCUT2D eigenvalue weighted by Crippen LogP contribution is -2.36. The van der Waals surface area contributed by atoms with Crippen LogP contribution in [0.5, 0.6) is 5.75 Å². The van der Waals surface area contributed by atoms with E-state index in [0.717, 1.165) is 37.1 Å². The number of halogens is 1. The molecule has 1 aliphatic heterocycles. The van der Waals surface area contributed by atoms with E-state index in [2.05, 4.69) is 31.6 Å². The Morgan fingerprint density at radius 1 is 1.25 bits per heavy atom. The maximum Gasteiger partial charge on any atom is 0.171 e. The van der Waals surface area contributed by atoms with Crippen molar-refractivity contribution in [1.29, 1.82) is 0 Å². The van der Waals surface area contributed by atoms with Crippen LogP contribution in [0.4, 0.5) is 0 Å². The first kappa shape index (κ1) is 15.8. The first-order chi connectivity index (χ1) is 11.7. The number of nitrogens with zero attached hydrogens (tertiary/aromatic N) is 5. The summed E-state index contributed by atoms with van der Waals surface area (Å²) in [4.78, 5) is 6.63. The predicted molar refractivity (Wildman–Crippen MR) is 91.1 cm³/mol. The monoisotopic (exact) mass is 347 g/mol. The second-order valence-corrected chi connectivity index (χ2v) is 7.24. The Labute approximate surface area is 146 Å². The van der Waals surface area contributed by atoms with Crippen molar-refractivity contribution in [2.45, 2.75) is 45.4 Å². The van der Waals surface area contributed by atoms with E-state index in [1.807, 2.05) is 0 Å². The first-order valence-corrected chi connectivity index (χ1v) is 8.95. The number of rotatable bonds is 5. The molecule has 1 aliphatic carbocycles. The van der Waals surface area contributed by atoms with Gasteiger partial charge >= 0.3 is 0 Å². The molecular weight excluding hydrogens is 326 g/mol. The minimum atomic E-state index is 0.381. The standard InChI is InChI=1S/C17H22ClN5O/c1-12-6-16-20-21-17(11-24-15-7-14(18)8-19-9-15)23(16)5-4-22(12)10-13-2-3-13/h7-9,12-13H,2-6,10-11H2,1H3/t12-/m1/s1. The maximum atomic E-state index is 5.94. The van der Waals surface area contributed by atoms with Crippen molar-refractivity contribution in [2.24, 2.45) is 5.92 Å². The van der Waals surface area contributed by atoms with Crippen LogP contribution in [-0.2, 0) is 19.6 Å². The Kier molecular flexibility index (Phi) is 4.41. The third-order valence-electron chi connectivity index (χ3n) is 4.85. The van der Waals surface area contributed by atoms with Crippen LogP contribution in [0.25, 0.3) is 0 Å². The highest BCUT2D eigenvalue weighted by atomic mass is 35.5. The summed E-state index contributed by atoms with van der Waals surface area (Å²) in [5, 5.41) is 9.28. The Hall–Kier alpha value is -1.66. The average Bonchev–Trinajstić information content (AvgIpc) is 3.33. The summed E-state index contributed by atoms with van der Waals surface area (Å²) in [5.74, 6) is 3.49. The third kappa shape index (κ3) is 3.54. The molecule has 0 N–H and O–H groups in total. The fraction of sp³-hybridized carbons (Fsp3) is 0.588. The normalized spacial score (nSPS) is 21.3. The predicted octanol–water partition coefficient (Wildman–Crippen LogP) is 2.56. The molecule has 0 bridgehead atoms. The number of hydrogen-bond acceptors (Lipinski definition) is 5. The fourth-order valence-corrected chi connectivity index (χ4v) is 3.42. The van der Waals surface area contributed by atoms with Gasteiger partial charge in [-0.25, -0.2) is 0 Å². The molecule has 1 saturated carbocycles. The van der Waals surface area contributed by atoms with Crippen LogP contribution in [0.15, 0.2) is 18.5 Å². The molecule has 0 saturated heterocycles. The minimum absolute atomic E-state index is 0.381. The first-order valence-electron chi connectivity index (χ1n) is 8.57. The minimum Gasteiger partial charge on any atom is -0.484 e. The number of pyridine rings is 1. The molecular formula is C17H22ClN5O. The van der Waals surface area contributed by atoms with Crippen molar-refractivity contribution in [1.82, 2.24) is 24.6 Å². The largest absolute Gasteiger partial charge is 0.484 e. The Balaban J connectivity index is 1.44. The molecule has 4 rings (SSSR count). The lowest BCUT2D eigenvalue weighted by atomic mass is 10.2. The zero-order valence-electron chi connectivity index (χ0n) is 13.9. The quantitative estimate of drug-likeness (QED) is 0.832. The van der Waals surface area contributed by atoms with Crippen molar-refractivity contribution >= 4 is 11.6 Å². The second kappa shape index (κ2) is 6.69. The zero-order chi connectivity index (χ0) is 16.5. The van der Waals surface area contributed by atoms with Gasteiger partial charge in [0, 0.05) is 44.4 Å². The molecule has 3 heterocycles. The summed E-state index contributed by atoms with van der Waals surface area (Å²) in [5.41, 5.74) is 0. The van der Waals surface area contributed by atoms with E-state index in [1.54, 1.807) is 18.5 Å². The van der Waals surface area contributed by atoms with Crippen molar-refractivity contribution < 1.29 is 4.74 Å². The number of ether oxygens (including phenoxy) is 1. The van der Waals surface area contributed by atoms with Crippen LogP contribution in [-0.4, -0.2) is 43.8 Å². The summed E-state index contributed by atoms with van der Waals surface area (Å²) >= 11 is 5.94. The summed E-state index contributed by atoms with van der Waals surface area (Å²) in [6.07, 6.45) is 6.97. The molecule has 2 aromatic rings. The Bertz CT molecular complexity index is 715. The smallest absolute Gasteiger partial charge is 0.171 e. The van der Waals surface area contributed by atoms with Gasteiger partial charge in [-0.2, -0.15) is 0 Å². The molecule has 24 heavy (non-hydrogen) atoms. The van der Waals surface area contributed by atoms with Gasteiger partial charge in [0.25, 0.3) is 0 Å². The SMILES string of the molecule is C[C@@H]1Cc2nnc(COc3cncc(Cl)c3)n2CCN1CC1CC1. The summed E-state index contributed by atoms with van der Waals surface area (Å²) in [6.45, 7) is 5.87. The van der Waals surface area contributed by atoms with Crippen molar-refractivity contribution in [3.63, 3.8) is 0 Å². The molecule has 2 aliphatic rings. The molecule has 6 nitrogen and oxygen atoms in total. The lowest BCUT2D eigenvalue weighted by Gasteiger charge is -2.26. The number of hydrogen-bond donors (Lipinski definition) is 0. The Morgan fingerprint density at radius 2 is 2.12 bits per heavy atom. The van der Waals surface area contributed by atoms with Crippen LogP contribution in [0.2, 0.25) is 5.02 Å². The molecule has 0 amide bonds. The topological polar surface area (TPSA) is 56.1 Å². The van der Waals surface area contributed by atoms with Gasteiger partial charge in [0.15, 0.2) is 5.82 Å². The van der Waals surface area contributed by atoms with Gasteiger partial charge in [-0.1, -0.05) is 11.6 Å². The number of fused-ring (bicyclic) bond motifs is 1. The van der Waals surface area contributed by atoms with Gasteiger partial charge in [-0.15, -0.1) is 10.2 Å². The molecule has 1 fully saturated rings. The van der Waals surface area contributed by atoms with Gasteiger partial charge in [-0.3, -0.25) is 9.88 Å². The van der Waals surface area contributed by atoms with Crippen LogP contribution in [0.1, 0.15) is 31.4 Å². The van der Waals surface area contributed by atoms with Gasteiger partial charge in [0.2, 0.25) is 0 Å². The fourth-order valence-electron chi connectivity index (χ4n) is 3.25. The van der Waals surface area contributed by atoms with Crippen molar-refractivity contribution in [3.8, 4) is 5.75 Å². The van der Waals surface area contributed by atoms with Crippen LogP contribution in [0.3, 0.4) is 0 Å². The van der Waals surface area contributed by atoms with Crippen LogP contribution in [0, 0.1) is 5.92 Å². The lowest BCUT2D eigenvalue weighted by molar-refractivity contribution is 0.201. The number of aromatic nitrogens is 4. The van der Waals surface area contributed by atoms with E-state index in [-0.39, 0.29) is 0 Å². The van der Waals surface area contributed by atoms with E-state index >= 15 is 0 Å². The molecule has 2 aromatic heterocycles. The molecule has 0 unspecified atom stereocenters. The van der Waals surface area contributed by atoms with Gasteiger partial charge in [-0.05, 0) is 25.7 Å². The molecule has 7 heteroatoms. The average molecular weight is 348 g/mol. The summed E-state index contributed by atoms with van der Waals surface area (Å²) in [7, 11) is 0. The maximum absolute atomic E-state index is 5.94. The molecule has 0 spiro atoms. The Morgan fingerprint density at radius 3 is 2.92 bits per heavy atom. The van der Waals surface area contributed by atoms with Crippen LogP contribution >= 0.6 is 11.6 Å². The highest BCUT2D eigenvalue weighted by Crippen LogP contribution is 2.31. The van der Waals surface area contributed by atoms with E-state index < -0.39 is 0 Å². The van der Waals surface area contributed by atoms with E-state index in [1.165, 1.54) is 19.4 Å². The van der Waals surface area contributed by atoms with Crippen molar-refractivity contribution in [3.05, 3.63) is 35.1 Å². The molecule has 0 radical (unpaired) electrons. The molecule has 128 valence electrons. The van der Waals surface area contributed by atoms with E-state index in [9.17, 15) is 0 Å². The molecule has 0 aromatic carbocycles. The van der Waals surface area contributed by atoms with Crippen molar-refractivity contribution in [2.75, 3.05) is 13.1 Å². The third-order valence-corrected chi connectivity index (χ3v) is 5.06. The van der Waals surface area contributed by atoms with E-state index in [4.69, 9.17) is 16.3 Å². The van der Waals surface area contributed by atoms with Gasteiger partial charge < -0.3 is 9.30 Å². The van der Waals surface area contributed by atoms with E-state index in [0.29, 0.717) is 23.4 Å². The highest BCUT2D eigenvalue weighted by molar-refractivity contribution is 6.30. The zero-order valence-corrected chi connectivity index (χ0v) is 14.6. The molecule has 1 atom stereocenters. The van der Waals surface area contributed by atoms with Crippen LogP contribution < -0.4 is 4.74 Å². The summed E-state index contributed by atoms with van der Waals surface area (Å²) < 4.78 is 7.99. The van der Waals surface area contributed by atoms with Gasteiger partial charge in [0.1, 0.15) is 18.2 Å².